The van der Waals surface area contributed by atoms with Crippen molar-refractivity contribution in [1.82, 2.24) is 5.32 Å². The van der Waals surface area contributed by atoms with Crippen LogP contribution >= 0.6 is 0 Å². The van der Waals surface area contributed by atoms with Gasteiger partial charge in [-0.2, -0.15) is 0 Å². The van der Waals surface area contributed by atoms with E-state index in [1.54, 1.807) is 0 Å². The Balaban J connectivity index is 1.51. The first kappa shape index (κ1) is 17.5. The minimum Gasteiger partial charge on any atom is -0.465 e. The number of allylic oxidation sites excluding steroid dienone is 1. The number of hydrogen-bond acceptors (Lipinski definition) is 4. The SMILES string of the molecule is CCCC(=O)OC[C@@H]1[C@H](NC(=O)OCc2ccccc2)[C@H]2C=C[C@@H]1C2. The van der Waals surface area contributed by atoms with Crippen LogP contribution in [0.2, 0.25) is 0 Å². The minimum atomic E-state index is -0.417. The van der Waals surface area contributed by atoms with Crippen molar-refractivity contribution in [3.8, 4) is 0 Å². The molecular weight excluding hydrogens is 318 g/mol. The summed E-state index contributed by atoms with van der Waals surface area (Å²) in [7, 11) is 0. The zero-order valence-corrected chi connectivity index (χ0v) is 14.5. The van der Waals surface area contributed by atoms with Gasteiger partial charge >= 0.3 is 12.1 Å². The van der Waals surface area contributed by atoms with Gasteiger partial charge in [-0.15, -0.1) is 0 Å². The number of alkyl carbamates (subject to hydrolysis) is 1. The second kappa shape index (κ2) is 8.19. The highest BCUT2D eigenvalue weighted by Gasteiger charge is 2.45. The van der Waals surface area contributed by atoms with Crippen LogP contribution in [0.3, 0.4) is 0 Å². The third-order valence-corrected chi connectivity index (χ3v) is 5.01. The standard InChI is InChI=1S/C20H25NO4/c1-2-6-18(22)24-13-17-15-9-10-16(11-15)19(17)21-20(23)25-12-14-7-4-3-5-8-14/h3-5,7-10,15-17,19H,2,6,11-13H2,1H3,(H,21,23)/t15-,16+,17+,19-/m1/s1. The highest BCUT2D eigenvalue weighted by atomic mass is 16.5. The summed E-state index contributed by atoms with van der Waals surface area (Å²) in [5.41, 5.74) is 0.954. The fraction of sp³-hybridized carbons (Fsp3) is 0.500. The van der Waals surface area contributed by atoms with E-state index >= 15 is 0 Å². The third kappa shape index (κ3) is 4.41. The summed E-state index contributed by atoms with van der Waals surface area (Å²) in [5, 5.41) is 2.98. The number of benzene rings is 1. The first-order chi connectivity index (χ1) is 12.2. The van der Waals surface area contributed by atoms with E-state index in [1.165, 1.54) is 0 Å². The summed E-state index contributed by atoms with van der Waals surface area (Å²) in [6.45, 7) is 2.56. The molecule has 0 spiro atoms. The molecule has 2 aliphatic rings. The van der Waals surface area contributed by atoms with Gasteiger partial charge in [0.15, 0.2) is 0 Å². The van der Waals surface area contributed by atoms with Gasteiger partial charge in [0.25, 0.3) is 0 Å². The van der Waals surface area contributed by atoms with Gasteiger partial charge in [0.05, 0.1) is 6.61 Å². The van der Waals surface area contributed by atoms with E-state index in [2.05, 4.69) is 17.5 Å². The molecule has 4 atom stereocenters. The lowest BCUT2D eigenvalue weighted by atomic mass is 9.89. The molecule has 0 aromatic heterocycles. The van der Waals surface area contributed by atoms with Crippen LogP contribution in [-0.4, -0.2) is 24.7 Å². The lowest BCUT2D eigenvalue weighted by Crippen LogP contribution is -2.44. The molecule has 0 aliphatic heterocycles. The fourth-order valence-corrected chi connectivity index (χ4v) is 3.73. The Morgan fingerprint density at radius 2 is 1.88 bits per heavy atom. The molecule has 25 heavy (non-hydrogen) atoms. The van der Waals surface area contributed by atoms with Crippen molar-refractivity contribution in [3.63, 3.8) is 0 Å². The molecular formula is C20H25NO4. The lowest BCUT2D eigenvalue weighted by molar-refractivity contribution is -0.145. The van der Waals surface area contributed by atoms with Crippen molar-refractivity contribution < 1.29 is 19.1 Å². The van der Waals surface area contributed by atoms with E-state index in [0.717, 1.165) is 18.4 Å². The van der Waals surface area contributed by atoms with Gasteiger partial charge in [-0.3, -0.25) is 4.79 Å². The van der Waals surface area contributed by atoms with Crippen molar-refractivity contribution in [1.29, 1.82) is 0 Å². The summed E-state index contributed by atoms with van der Waals surface area (Å²) in [6, 6.07) is 9.56. The number of carbonyl (C=O) groups is 2. The van der Waals surface area contributed by atoms with Gasteiger partial charge in [-0.05, 0) is 30.2 Å². The Bertz CT molecular complexity index is 628. The van der Waals surface area contributed by atoms with Crippen LogP contribution in [0.1, 0.15) is 31.7 Å². The van der Waals surface area contributed by atoms with Gasteiger partial charge in [-0.25, -0.2) is 4.79 Å². The quantitative estimate of drug-likeness (QED) is 0.608. The molecule has 5 heteroatoms. The van der Waals surface area contributed by atoms with Crippen LogP contribution in [0.25, 0.3) is 0 Å². The number of nitrogens with one attached hydrogen (secondary N) is 1. The Hall–Kier alpha value is -2.30. The molecule has 1 N–H and O–H groups in total. The van der Waals surface area contributed by atoms with Crippen LogP contribution < -0.4 is 5.32 Å². The van der Waals surface area contributed by atoms with Crippen LogP contribution in [0.15, 0.2) is 42.5 Å². The van der Waals surface area contributed by atoms with Crippen molar-refractivity contribution in [2.75, 3.05) is 6.61 Å². The number of rotatable bonds is 7. The molecule has 1 fully saturated rings. The molecule has 1 aromatic carbocycles. The molecule has 1 saturated carbocycles. The first-order valence-electron chi connectivity index (χ1n) is 8.98. The van der Waals surface area contributed by atoms with Gasteiger partial charge in [0.1, 0.15) is 6.61 Å². The Morgan fingerprint density at radius 1 is 1.12 bits per heavy atom. The lowest BCUT2D eigenvalue weighted by Gasteiger charge is -2.28. The largest absolute Gasteiger partial charge is 0.465 e. The summed E-state index contributed by atoms with van der Waals surface area (Å²) >= 11 is 0. The van der Waals surface area contributed by atoms with E-state index in [9.17, 15) is 9.59 Å². The van der Waals surface area contributed by atoms with Crippen LogP contribution in [-0.2, 0) is 20.9 Å². The monoisotopic (exact) mass is 343 g/mol. The summed E-state index contributed by atoms with van der Waals surface area (Å²) in [5.74, 6) is 0.614. The number of amides is 1. The number of esters is 1. The van der Waals surface area contributed by atoms with Crippen LogP contribution in [0.4, 0.5) is 4.79 Å². The fourth-order valence-electron chi connectivity index (χ4n) is 3.73. The van der Waals surface area contributed by atoms with E-state index in [1.807, 2.05) is 37.3 Å². The van der Waals surface area contributed by atoms with Gasteiger partial charge in [0, 0.05) is 18.4 Å². The molecule has 2 aliphatic carbocycles. The summed E-state index contributed by atoms with van der Waals surface area (Å²) in [4.78, 5) is 23.8. The maximum absolute atomic E-state index is 12.2. The smallest absolute Gasteiger partial charge is 0.407 e. The molecule has 134 valence electrons. The molecule has 0 heterocycles. The van der Waals surface area contributed by atoms with Crippen molar-refractivity contribution in [2.24, 2.45) is 17.8 Å². The topological polar surface area (TPSA) is 64.6 Å². The number of carbonyl (C=O) groups excluding carboxylic acids is 2. The summed E-state index contributed by atoms with van der Waals surface area (Å²) < 4.78 is 10.7. The zero-order valence-electron chi connectivity index (χ0n) is 14.5. The molecule has 5 nitrogen and oxygen atoms in total. The third-order valence-electron chi connectivity index (χ3n) is 5.01. The maximum atomic E-state index is 12.2. The van der Waals surface area contributed by atoms with E-state index in [4.69, 9.17) is 9.47 Å². The molecule has 0 radical (unpaired) electrons. The van der Waals surface area contributed by atoms with Crippen molar-refractivity contribution in [2.45, 2.75) is 38.8 Å². The predicted octanol–water partition coefficient (Wildman–Crippen LogP) is 3.45. The highest BCUT2D eigenvalue weighted by molar-refractivity contribution is 5.69. The van der Waals surface area contributed by atoms with E-state index in [-0.39, 0.29) is 24.5 Å². The van der Waals surface area contributed by atoms with Crippen LogP contribution in [0, 0.1) is 17.8 Å². The Labute approximate surface area is 148 Å². The van der Waals surface area contributed by atoms with Crippen molar-refractivity contribution in [3.05, 3.63) is 48.0 Å². The van der Waals surface area contributed by atoms with Gasteiger partial charge in [-0.1, -0.05) is 49.4 Å². The average Bonchev–Trinajstić information content (AvgIpc) is 3.21. The second-order valence-electron chi connectivity index (χ2n) is 6.78. The predicted molar refractivity (Wildman–Crippen MR) is 93.6 cm³/mol. The second-order valence-corrected chi connectivity index (χ2v) is 6.78. The molecule has 0 unspecified atom stereocenters. The molecule has 3 rings (SSSR count). The summed E-state index contributed by atoms with van der Waals surface area (Å²) in [6.07, 6.45) is 6.13. The van der Waals surface area contributed by atoms with E-state index in [0.29, 0.717) is 24.9 Å². The Kier molecular flexibility index (Phi) is 5.74. The number of hydrogen-bond donors (Lipinski definition) is 1. The maximum Gasteiger partial charge on any atom is 0.407 e. The van der Waals surface area contributed by atoms with Gasteiger partial charge < -0.3 is 14.8 Å². The molecule has 1 amide bonds. The number of ether oxygens (including phenoxy) is 2. The molecule has 2 bridgehead atoms. The molecule has 1 aromatic rings. The van der Waals surface area contributed by atoms with Crippen LogP contribution in [0.5, 0.6) is 0 Å². The van der Waals surface area contributed by atoms with Gasteiger partial charge in [0.2, 0.25) is 0 Å². The Morgan fingerprint density at radius 3 is 2.64 bits per heavy atom. The van der Waals surface area contributed by atoms with Crippen molar-refractivity contribution >= 4 is 12.1 Å². The number of fused-ring (bicyclic) bond motifs is 2. The molecule has 0 saturated heterocycles. The average molecular weight is 343 g/mol. The van der Waals surface area contributed by atoms with E-state index < -0.39 is 6.09 Å². The normalized spacial score (nSPS) is 26.4. The minimum absolute atomic E-state index is 0.0345. The first-order valence-corrected chi connectivity index (χ1v) is 8.98. The zero-order chi connectivity index (χ0) is 17.6. The highest BCUT2D eigenvalue weighted by Crippen LogP contribution is 2.43.